The van der Waals surface area contributed by atoms with Gasteiger partial charge in [0.2, 0.25) is 0 Å². The van der Waals surface area contributed by atoms with Crippen molar-refractivity contribution in [3.05, 3.63) is 94.8 Å². The fourth-order valence-electron chi connectivity index (χ4n) is 3.28. The van der Waals surface area contributed by atoms with Crippen LogP contribution in [0.2, 0.25) is 0 Å². The van der Waals surface area contributed by atoms with Crippen molar-refractivity contribution < 1.29 is 50.4 Å². The van der Waals surface area contributed by atoms with E-state index >= 15 is 0 Å². The van der Waals surface area contributed by atoms with Gasteiger partial charge in [-0.3, -0.25) is 4.98 Å². The molecule has 0 bridgehead atoms. The van der Waals surface area contributed by atoms with Gasteiger partial charge < -0.3 is 16.0 Å². The number of hydrogen-bond acceptors (Lipinski definition) is 4. The molecule has 1 aliphatic rings. The number of aromatic nitrogens is 1. The Bertz CT molecular complexity index is 968. The number of nitrogens with zero attached hydrogens (tertiary/aromatic N) is 1. The van der Waals surface area contributed by atoms with Crippen molar-refractivity contribution in [2.24, 2.45) is 0 Å². The summed E-state index contributed by atoms with van der Waals surface area (Å²) in [5, 5.41) is 9.37. The predicted octanol–water partition coefficient (Wildman–Crippen LogP) is 1.14. The summed E-state index contributed by atoms with van der Waals surface area (Å²) in [7, 11) is 0. The third-order valence-corrected chi connectivity index (χ3v) is 4.66. The van der Waals surface area contributed by atoms with Crippen molar-refractivity contribution in [3.63, 3.8) is 0 Å². The Morgan fingerprint density at radius 3 is 2.82 bits per heavy atom. The predicted molar refractivity (Wildman–Crippen MR) is 101 cm³/mol. The first-order valence-corrected chi connectivity index (χ1v) is 8.81. The number of carboxylic acid groups (broad SMARTS) is 1. The first-order valence-electron chi connectivity index (χ1n) is 8.81. The van der Waals surface area contributed by atoms with E-state index in [1.165, 1.54) is 0 Å². The Hall–Kier alpha value is -2.18. The fourth-order valence-corrected chi connectivity index (χ4v) is 3.28. The van der Waals surface area contributed by atoms with Gasteiger partial charge in [-0.2, -0.15) is 0 Å². The first-order chi connectivity index (χ1) is 13.2. The molecule has 1 atom stereocenters. The molecule has 0 radical (unpaired) electrons. The summed E-state index contributed by atoms with van der Waals surface area (Å²) in [5.41, 5.74) is 4.10. The zero-order valence-electron chi connectivity index (χ0n) is 16.7. The van der Waals surface area contributed by atoms with Crippen molar-refractivity contribution in [1.29, 1.82) is 0 Å². The van der Waals surface area contributed by atoms with E-state index in [0.29, 0.717) is 19.0 Å². The molecule has 3 aromatic rings. The SMILES string of the molecule is O=C(O)c1ccc2c(c1)C(OCCc1cccnc1)c1ccccc1CO2.[H-].[Na+]. The summed E-state index contributed by atoms with van der Waals surface area (Å²) in [6.07, 6.45) is 3.91. The van der Waals surface area contributed by atoms with Gasteiger partial charge in [0.05, 0.1) is 12.2 Å². The molecule has 28 heavy (non-hydrogen) atoms. The summed E-state index contributed by atoms with van der Waals surface area (Å²) < 4.78 is 12.2. The molecule has 138 valence electrons. The molecule has 5 nitrogen and oxygen atoms in total. The number of hydrogen-bond donors (Lipinski definition) is 1. The second kappa shape index (κ2) is 9.34. The van der Waals surface area contributed by atoms with Crippen LogP contribution in [0.4, 0.5) is 0 Å². The van der Waals surface area contributed by atoms with Gasteiger partial charge in [-0.25, -0.2) is 4.79 Å². The van der Waals surface area contributed by atoms with Crippen molar-refractivity contribution in [1.82, 2.24) is 4.98 Å². The molecule has 2 aromatic carbocycles. The normalized spacial score (nSPS) is 14.6. The average molecular weight is 385 g/mol. The number of carboxylic acids is 1. The minimum Gasteiger partial charge on any atom is -1.00 e. The molecule has 6 heteroatoms. The van der Waals surface area contributed by atoms with E-state index in [0.717, 1.165) is 28.7 Å². The maximum Gasteiger partial charge on any atom is 1.00 e. The van der Waals surface area contributed by atoms with Gasteiger partial charge in [-0.05, 0) is 47.4 Å². The number of ether oxygens (including phenoxy) is 2. The van der Waals surface area contributed by atoms with Crippen LogP contribution in [0.15, 0.2) is 67.0 Å². The monoisotopic (exact) mass is 385 g/mol. The van der Waals surface area contributed by atoms with E-state index in [1.807, 2.05) is 42.6 Å². The molecule has 0 aliphatic carbocycles. The quantitative estimate of drug-likeness (QED) is 0.667. The van der Waals surface area contributed by atoms with E-state index in [9.17, 15) is 9.90 Å². The van der Waals surface area contributed by atoms with Crippen LogP contribution >= 0.6 is 0 Å². The Kier molecular flexibility index (Phi) is 6.86. The molecule has 0 fully saturated rings. The number of benzene rings is 2. The molecule has 0 spiro atoms. The molecule has 4 rings (SSSR count). The topological polar surface area (TPSA) is 68.7 Å². The molecule has 0 amide bonds. The van der Waals surface area contributed by atoms with E-state index in [2.05, 4.69) is 4.98 Å². The summed E-state index contributed by atoms with van der Waals surface area (Å²) in [6.45, 7) is 0.916. The zero-order chi connectivity index (χ0) is 18.6. The van der Waals surface area contributed by atoms with Crippen molar-refractivity contribution in [2.45, 2.75) is 19.1 Å². The first kappa shape index (κ1) is 20.6. The molecule has 0 saturated heterocycles. The van der Waals surface area contributed by atoms with Gasteiger partial charge in [-0.1, -0.05) is 30.3 Å². The van der Waals surface area contributed by atoms with Crippen LogP contribution in [0.25, 0.3) is 0 Å². The van der Waals surface area contributed by atoms with Crippen molar-refractivity contribution in [2.75, 3.05) is 6.61 Å². The van der Waals surface area contributed by atoms with Crippen molar-refractivity contribution >= 4 is 5.97 Å². The number of aromatic carboxylic acids is 1. The van der Waals surface area contributed by atoms with Crippen LogP contribution in [0, 0.1) is 0 Å². The van der Waals surface area contributed by atoms with E-state index < -0.39 is 5.97 Å². The smallest absolute Gasteiger partial charge is 1.00 e. The number of carbonyl (C=O) groups is 1. The minimum absolute atomic E-state index is 0. The van der Waals surface area contributed by atoms with Crippen LogP contribution in [-0.2, 0) is 17.8 Å². The van der Waals surface area contributed by atoms with Crippen LogP contribution < -0.4 is 34.3 Å². The molecular formula is C22H20NNaO4. The van der Waals surface area contributed by atoms with Gasteiger partial charge in [0.25, 0.3) is 0 Å². The molecule has 1 aromatic heterocycles. The van der Waals surface area contributed by atoms with E-state index in [-0.39, 0.29) is 42.7 Å². The Morgan fingerprint density at radius 1 is 1.18 bits per heavy atom. The minimum atomic E-state index is -0.968. The molecule has 1 unspecified atom stereocenters. The van der Waals surface area contributed by atoms with Crippen LogP contribution in [-0.4, -0.2) is 22.7 Å². The maximum atomic E-state index is 11.4. The van der Waals surface area contributed by atoms with Gasteiger partial charge in [0, 0.05) is 18.0 Å². The molecule has 2 heterocycles. The Balaban J connectivity index is 0.00000150. The fraction of sp³-hybridized carbons (Fsp3) is 0.182. The maximum absolute atomic E-state index is 11.4. The second-order valence-corrected chi connectivity index (χ2v) is 6.41. The molecule has 1 N–H and O–H groups in total. The summed E-state index contributed by atoms with van der Waals surface area (Å²) >= 11 is 0. The van der Waals surface area contributed by atoms with Crippen LogP contribution in [0.1, 0.15) is 40.1 Å². The zero-order valence-corrected chi connectivity index (χ0v) is 17.7. The van der Waals surface area contributed by atoms with Gasteiger partial charge >= 0.3 is 35.5 Å². The number of fused-ring (bicyclic) bond motifs is 2. The molecule has 1 aliphatic heterocycles. The molecular weight excluding hydrogens is 365 g/mol. The summed E-state index contributed by atoms with van der Waals surface area (Å²) in [4.78, 5) is 15.6. The number of rotatable bonds is 5. The average Bonchev–Trinajstić information content (AvgIpc) is 2.86. The largest absolute Gasteiger partial charge is 1.00 e. The summed E-state index contributed by atoms with van der Waals surface area (Å²) in [6, 6.07) is 16.8. The number of pyridine rings is 1. The summed E-state index contributed by atoms with van der Waals surface area (Å²) in [5.74, 6) is -0.313. The van der Waals surface area contributed by atoms with Gasteiger partial charge in [0.1, 0.15) is 18.5 Å². The second-order valence-electron chi connectivity index (χ2n) is 6.41. The third-order valence-electron chi connectivity index (χ3n) is 4.66. The third kappa shape index (κ3) is 4.45. The van der Waals surface area contributed by atoms with Crippen LogP contribution in [0.5, 0.6) is 5.75 Å². The van der Waals surface area contributed by atoms with Crippen LogP contribution in [0.3, 0.4) is 0 Å². The Labute approximate surface area is 187 Å². The van der Waals surface area contributed by atoms with E-state index in [1.54, 1.807) is 24.4 Å². The van der Waals surface area contributed by atoms with E-state index in [4.69, 9.17) is 9.47 Å². The van der Waals surface area contributed by atoms with Crippen molar-refractivity contribution in [3.8, 4) is 5.75 Å². The standard InChI is InChI=1S/C22H19NO4.Na.H/c24-22(25)16-7-8-20-19(12-16)21(18-6-2-1-5-17(18)14-27-20)26-11-9-15-4-3-10-23-13-15;;/h1-8,10,12-13,21H,9,11,14H2,(H,24,25);;/q;+1;-1. The van der Waals surface area contributed by atoms with Gasteiger partial charge in [0.15, 0.2) is 0 Å². The molecule has 0 saturated carbocycles. The van der Waals surface area contributed by atoms with Gasteiger partial charge in [-0.15, -0.1) is 0 Å². The Morgan fingerprint density at radius 2 is 2.04 bits per heavy atom.